The van der Waals surface area contributed by atoms with Crippen LogP contribution in [0.5, 0.6) is 5.75 Å². The number of carbonyl (C=O) groups is 1. The first-order chi connectivity index (χ1) is 8.61. The number of aryl methyl sites for hydroxylation is 1. The molecule has 3 nitrogen and oxygen atoms in total. The molecule has 2 aromatic rings. The molecular formula is C15H17NO2. The molecule has 1 fully saturated rings. The van der Waals surface area contributed by atoms with Crippen molar-refractivity contribution in [1.29, 1.82) is 0 Å². The van der Waals surface area contributed by atoms with Gasteiger partial charge < -0.3 is 9.30 Å². The molecule has 1 saturated carbocycles. The van der Waals surface area contributed by atoms with E-state index in [0.717, 1.165) is 12.2 Å². The molecule has 18 heavy (non-hydrogen) atoms. The summed E-state index contributed by atoms with van der Waals surface area (Å²) in [6.45, 7) is 1.69. The maximum absolute atomic E-state index is 11.4. The Hall–Kier alpha value is -1.77. The predicted molar refractivity (Wildman–Crippen MR) is 71.0 cm³/mol. The van der Waals surface area contributed by atoms with Crippen LogP contribution in [0.25, 0.3) is 10.9 Å². The van der Waals surface area contributed by atoms with Gasteiger partial charge in [0, 0.05) is 30.1 Å². The van der Waals surface area contributed by atoms with Crippen molar-refractivity contribution >= 4 is 16.7 Å². The van der Waals surface area contributed by atoms with Crippen molar-refractivity contribution in [2.24, 2.45) is 13.0 Å². The molecule has 2 atom stereocenters. The molecule has 1 aliphatic carbocycles. The summed E-state index contributed by atoms with van der Waals surface area (Å²) in [5.74, 6) is 1.80. The van der Waals surface area contributed by atoms with E-state index in [4.69, 9.17) is 4.74 Å². The highest BCUT2D eigenvalue weighted by atomic mass is 16.5. The van der Waals surface area contributed by atoms with Crippen LogP contribution < -0.4 is 4.74 Å². The Morgan fingerprint density at radius 1 is 1.44 bits per heavy atom. The van der Waals surface area contributed by atoms with E-state index < -0.39 is 0 Å². The van der Waals surface area contributed by atoms with Gasteiger partial charge in [-0.3, -0.25) is 4.79 Å². The molecule has 1 aromatic heterocycles. The Kier molecular flexibility index (Phi) is 2.44. The van der Waals surface area contributed by atoms with Crippen molar-refractivity contribution in [3.05, 3.63) is 30.0 Å². The molecule has 1 aromatic carbocycles. The molecule has 0 saturated heterocycles. The molecule has 1 heterocycles. The van der Waals surface area contributed by atoms with E-state index in [9.17, 15) is 4.79 Å². The Bertz CT molecular complexity index is 627. The second kappa shape index (κ2) is 3.87. The number of Topliss-reactive ketones (excluding diaryl/α,β-unsaturated/α-hetero) is 1. The number of hydrogen-bond donors (Lipinski definition) is 0. The third-order valence-electron chi connectivity index (χ3n) is 3.94. The highest BCUT2D eigenvalue weighted by Crippen LogP contribution is 2.50. The molecule has 0 radical (unpaired) electrons. The second-order valence-electron chi connectivity index (χ2n) is 5.14. The molecule has 0 aliphatic heterocycles. The minimum atomic E-state index is 0.224. The van der Waals surface area contributed by atoms with Gasteiger partial charge in [-0.1, -0.05) is 0 Å². The summed E-state index contributed by atoms with van der Waals surface area (Å²) in [5.41, 5.74) is 2.48. The lowest BCUT2D eigenvalue weighted by atomic mass is 10.1. The maximum atomic E-state index is 11.4. The minimum Gasteiger partial charge on any atom is -0.497 e. The number of carbonyl (C=O) groups excluding carboxylic acids is 1. The molecule has 0 amide bonds. The number of benzene rings is 1. The van der Waals surface area contributed by atoms with Crippen molar-refractivity contribution < 1.29 is 9.53 Å². The molecule has 3 heteroatoms. The first-order valence-corrected chi connectivity index (χ1v) is 6.25. The molecule has 0 spiro atoms. The number of rotatable bonds is 3. The maximum Gasteiger partial charge on any atom is 0.133 e. The van der Waals surface area contributed by atoms with Crippen LogP contribution >= 0.6 is 0 Å². The number of nitrogens with zero attached hydrogens (tertiary/aromatic N) is 1. The zero-order valence-electron chi connectivity index (χ0n) is 10.9. The third kappa shape index (κ3) is 1.62. The monoisotopic (exact) mass is 243 g/mol. The first-order valence-electron chi connectivity index (χ1n) is 6.25. The Labute approximate surface area is 106 Å². The standard InChI is InChI=1S/C15H17NO2/c1-9(17)11-7-12(11)14-8-16(2)15-5-4-10(18-3)6-13(14)15/h4-6,8,11-12H,7H2,1-3H3. The van der Waals surface area contributed by atoms with Crippen LogP contribution in [-0.4, -0.2) is 17.5 Å². The van der Waals surface area contributed by atoms with E-state index in [-0.39, 0.29) is 5.92 Å². The van der Waals surface area contributed by atoms with Gasteiger partial charge in [-0.2, -0.15) is 0 Å². The summed E-state index contributed by atoms with van der Waals surface area (Å²) in [7, 11) is 3.72. The normalized spacial score (nSPS) is 22.2. The number of fused-ring (bicyclic) bond motifs is 1. The van der Waals surface area contributed by atoms with Crippen molar-refractivity contribution in [3.63, 3.8) is 0 Å². The fraction of sp³-hybridized carbons (Fsp3) is 0.400. The summed E-state index contributed by atoms with van der Waals surface area (Å²) in [6, 6.07) is 6.12. The van der Waals surface area contributed by atoms with Gasteiger partial charge in [-0.25, -0.2) is 0 Å². The summed E-state index contributed by atoms with van der Waals surface area (Å²) < 4.78 is 7.41. The van der Waals surface area contributed by atoms with Gasteiger partial charge in [0.2, 0.25) is 0 Å². The summed E-state index contributed by atoms with van der Waals surface area (Å²) >= 11 is 0. The van der Waals surface area contributed by atoms with Crippen molar-refractivity contribution in [2.75, 3.05) is 7.11 Å². The molecule has 1 aliphatic rings. The number of hydrogen-bond acceptors (Lipinski definition) is 2. The van der Waals surface area contributed by atoms with Gasteiger partial charge in [0.15, 0.2) is 0 Å². The van der Waals surface area contributed by atoms with E-state index in [1.807, 2.05) is 13.1 Å². The number of ketones is 1. The van der Waals surface area contributed by atoms with Crippen LogP contribution in [0.4, 0.5) is 0 Å². The van der Waals surface area contributed by atoms with Gasteiger partial charge in [0.1, 0.15) is 11.5 Å². The van der Waals surface area contributed by atoms with Crippen molar-refractivity contribution in [3.8, 4) is 5.75 Å². The molecule has 0 bridgehead atoms. The molecule has 3 rings (SSSR count). The highest BCUT2D eigenvalue weighted by molar-refractivity contribution is 5.89. The fourth-order valence-electron chi connectivity index (χ4n) is 2.81. The van der Waals surface area contributed by atoms with Crippen LogP contribution in [0.15, 0.2) is 24.4 Å². The fourth-order valence-corrected chi connectivity index (χ4v) is 2.81. The Morgan fingerprint density at radius 3 is 2.83 bits per heavy atom. The average molecular weight is 243 g/mol. The van der Waals surface area contributed by atoms with E-state index in [2.05, 4.69) is 22.9 Å². The van der Waals surface area contributed by atoms with Crippen LogP contribution in [0.2, 0.25) is 0 Å². The van der Waals surface area contributed by atoms with Gasteiger partial charge in [-0.15, -0.1) is 0 Å². The van der Waals surface area contributed by atoms with Crippen molar-refractivity contribution in [2.45, 2.75) is 19.3 Å². The lowest BCUT2D eigenvalue weighted by molar-refractivity contribution is -0.118. The highest BCUT2D eigenvalue weighted by Gasteiger charge is 2.43. The number of aromatic nitrogens is 1. The number of methoxy groups -OCH3 is 1. The van der Waals surface area contributed by atoms with E-state index in [1.54, 1.807) is 14.0 Å². The van der Waals surface area contributed by atoms with E-state index >= 15 is 0 Å². The average Bonchev–Trinajstić information content (AvgIpc) is 3.09. The minimum absolute atomic E-state index is 0.224. The van der Waals surface area contributed by atoms with Gasteiger partial charge in [-0.05, 0) is 43.0 Å². The van der Waals surface area contributed by atoms with Crippen LogP contribution in [0.3, 0.4) is 0 Å². The lowest BCUT2D eigenvalue weighted by Crippen LogP contribution is -1.94. The van der Waals surface area contributed by atoms with Crippen molar-refractivity contribution in [1.82, 2.24) is 4.57 Å². The Balaban J connectivity index is 2.09. The quantitative estimate of drug-likeness (QED) is 0.830. The molecular weight excluding hydrogens is 226 g/mol. The van der Waals surface area contributed by atoms with Gasteiger partial charge in [0.05, 0.1) is 7.11 Å². The SMILES string of the molecule is COc1ccc2c(c1)c(C1CC1C(C)=O)cn2C. The van der Waals surface area contributed by atoms with Crippen LogP contribution in [-0.2, 0) is 11.8 Å². The molecule has 0 N–H and O–H groups in total. The molecule has 94 valence electrons. The zero-order chi connectivity index (χ0) is 12.9. The van der Waals surface area contributed by atoms with Gasteiger partial charge in [0.25, 0.3) is 0 Å². The van der Waals surface area contributed by atoms with E-state index in [0.29, 0.717) is 11.7 Å². The third-order valence-corrected chi connectivity index (χ3v) is 3.94. The van der Waals surface area contributed by atoms with Crippen LogP contribution in [0, 0.1) is 5.92 Å². The topological polar surface area (TPSA) is 31.2 Å². The summed E-state index contributed by atoms with van der Waals surface area (Å²) in [6.07, 6.45) is 3.14. The van der Waals surface area contributed by atoms with Gasteiger partial charge >= 0.3 is 0 Å². The summed E-state index contributed by atoms with van der Waals surface area (Å²) in [5, 5.41) is 1.21. The summed E-state index contributed by atoms with van der Waals surface area (Å²) in [4.78, 5) is 11.4. The number of ether oxygens (including phenoxy) is 1. The largest absolute Gasteiger partial charge is 0.497 e. The second-order valence-corrected chi connectivity index (χ2v) is 5.14. The Morgan fingerprint density at radius 2 is 2.22 bits per heavy atom. The smallest absolute Gasteiger partial charge is 0.133 e. The van der Waals surface area contributed by atoms with Crippen LogP contribution in [0.1, 0.15) is 24.8 Å². The predicted octanol–water partition coefficient (Wildman–Crippen LogP) is 2.88. The molecule has 2 unspecified atom stereocenters. The zero-order valence-corrected chi connectivity index (χ0v) is 10.9. The van der Waals surface area contributed by atoms with E-state index in [1.165, 1.54) is 16.5 Å². The first kappa shape index (κ1) is 11.3. The lowest BCUT2D eigenvalue weighted by Gasteiger charge is -2.01.